The minimum atomic E-state index is 0.368. The van der Waals surface area contributed by atoms with E-state index in [0.717, 1.165) is 35.4 Å². The molecular formula is C27H35N3O. The minimum absolute atomic E-state index is 0.368. The van der Waals surface area contributed by atoms with E-state index < -0.39 is 0 Å². The minimum Gasteiger partial charge on any atom is -0.508 e. The Morgan fingerprint density at radius 3 is 2.68 bits per heavy atom. The van der Waals surface area contributed by atoms with Gasteiger partial charge < -0.3 is 15.4 Å². The number of fused-ring (bicyclic) bond motifs is 1. The van der Waals surface area contributed by atoms with Gasteiger partial charge in [-0.3, -0.25) is 0 Å². The fourth-order valence-corrected chi connectivity index (χ4v) is 5.10. The van der Waals surface area contributed by atoms with Crippen LogP contribution in [0.2, 0.25) is 0 Å². The zero-order valence-electron chi connectivity index (χ0n) is 19.2. The summed E-state index contributed by atoms with van der Waals surface area (Å²) < 4.78 is 0. The van der Waals surface area contributed by atoms with Crippen molar-refractivity contribution in [2.75, 3.05) is 6.54 Å². The van der Waals surface area contributed by atoms with Crippen LogP contribution < -0.4 is 5.32 Å². The van der Waals surface area contributed by atoms with Gasteiger partial charge in [0, 0.05) is 25.1 Å². The van der Waals surface area contributed by atoms with Gasteiger partial charge in [-0.05, 0) is 61.6 Å². The van der Waals surface area contributed by atoms with Crippen molar-refractivity contribution in [2.24, 2.45) is 23.7 Å². The van der Waals surface area contributed by atoms with Crippen molar-refractivity contribution >= 4 is 11.0 Å². The summed E-state index contributed by atoms with van der Waals surface area (Å²) in [5.74, 6) is 3.77. The average Bonchev–Trinajstić information content (AvgIpc) is 3.15. The molecule has 1 aliphatic carbocycles. The highest BCUT2D eigenvalue weighted by molar-refractivity contribution is 5.78. The van der Waals surface area contributed by atoms with Crippen LogP contribution in [0.1, 0.15) is 44.1 Å². The number of aromatic hydroxyl groups is 1. The first-order valence-corrected chi connectivity index (χ1v) is 11.5. The van der Waals surface area contributed by atoms with E-state index in [0.29, 0.717) is 36.0 Å². The highest BCUT2D eigenvalue weighted by Crippen LogP contribution is 2.38. The molecule has 31 heavy (non-hydrogen) atoms. The number of aromatic amines is 1. The molecule has 0 saturated carbocycles. The zero-order chi connectivity index (χ0) is 22.0. The maximum Gasteiger partial charge on any atom is 0.120 e. The Balaban J connectivity index is 1.45. The molecule has 1 aliphatic rings. The quantitative estimate of drug-likeness (QED) is 0.428. The third kappa shape index (κ3) is 4.85. The van der Waals surface area contributed by atoms with Crippen LogP contribution in [-0.2, 0) is 13.0 Å². The number of benzene rings is 2. The summed E-state index contributed by atoms with van der Waals surface area (Å²) in [5.41, 5.74) is 5.90. The highest BCUT2D eigenvalue weighted by Gasteiger charge is 2.31. The van der Waals surface area contributed by atoms with Crippen molar-refractivity contribution in [2.45, 2.75) is 47.1 Å². The SMILES string of the molecule is CC1=C[C@@H](CNCc2ccccc2O)[C@H](C(C)C)C[C@H]1Cc1nc2c(C)cccc2[nH]1. The topological polar surface area (TPSA) is 60.9 Å². The molecule has 0 unspecified atom stereocenters. The first-order valence-electron chi connectivity index (χ1n) is 11.5. The number of para-hydroxylation sites is 2. The Kier molecular flexibility index (Phi) is 6.47. The van der Waals surface area contributed by atoms with Gasteiger partial charge in [-0.25, -0.2) is 4.98 Å². The molecule has 4 rings (SSSR count). The zero-order valence-corrected chi connectivity index (χ0v) is 19.2. The number of aromatic nitrogens is 2. The van der Waals surface area contributed by atoms with E-state index in [9.17, 15) is 5.11 Å². The number of rotatable bonds is 7. The molecule has 1 heterocycles. The molecule has 4 nitrogen and oxygen atoms in total. The maximum absolute atomic E-state index is 10.0. The lowest BCUT2D eigenvalue weighted by molar-refractivity contribution is 0.221. The van der Waals surface area contributed by atoms with Crippen LogP contribution in [0, 0.1) is 30.6 Å². The summed E-state index contributed by atoms with van der Waals surface area (Å²) in [6, 6.07) is 13.9. The smallest absolute Gasteiger partial charge is 0.120 e. The molecule has 4 heteroatoms. The number of allylic oxidation sites excluding steroid dienone is 1. The van der Waals surface area contributed by atoms with Crippen molar-refractivity contribution < 1.29 is 5.11 Å². The van der Waals surface area contributed by atoms with Gasteiger partial charge in [0.2, 0.25) is 0 Å². The van der Waals surface area contributed by atoms with Crippen LogP contribution in [0.5, 0.6) is 5.75 Å². The van der Waals surface area contributed by atoms with Crippen LogP contribution in [-0.4, -0.2) is 21.6 Å². The van der Waals surface area contributed by atoms with Crippen LogP contribution in [0.25, 0.3) is 11.0 Å². The molecule has 0 radical (unpaired) electrons. The largest absolute Gasteiger partial charge is 0.508 e. The molecule has 3 N–H and O–H groups in total. The second-order valence-corrected chi connectivity index (χ2v) is 9.53. The number of hydrogen-bond acceptors (Lipinski definition) is 3. The molecule has 0 spiro atoms. The first-order chi connectivity index (χ1) is 14.9. The van der Waals surface area contributed by atoms with E-state index >= 15 is 0 Å². The van der Waals surface area contributed by atoms with Crippen molar-refractivity contribution in [3.63, 3.8) is 0 Å². The summed E-state index contributed by atoms with van der Waals surface area (Å²) >= 11 is 0. The van der Waals surface area contributed by atoms with Gasteiger partial charge in [0.05, 0.1) is 11.0 Å². The van der Waals surface area contributed by atoms with Gasteiger partial charge in [-0.1, -0.05) is 55.8 Å². The number of phenols is 1. The number of imidazole rings is 1. The van der Waals surface area contributed by atoms with Gasteiger partial charge in [-0.15, -0.1) is 0 Å². The fraction of sp³-hybridized carbons (Fsp3) is 0.444. The molecule has 1 aromatic heterocycles. The number of hydrogen-bond donors (Lipinski definition) is 3. The van der Waals surface area contributed by atoms with Crippen LogP contribution in [0.4, 0.5) is 0 Å². The van der Waals surface area contributed by atoms with E-state index in [4.69, 9.17) is 4.98 Å². The van der Waals surface area contributed by atoms with E-state index in [1.165, 1.54) is 17.6 Å². The lowest BCUT2D eigenvalue weighted by Gasteiger charge is -2.37. The summed E-state index contributed by atoms with van der Waals surface area (Å²) in [7, 11) is 0. The van der Waals surface area contributed by atoms with E-state index in [2.05, 4.69) is 62.3 Å². The van der Waals surface area contributed by atoms with Crippen molar-refractivity contribution in [3.05, 3.63) is 71.1 Å². The van der Waals surface area contributed by atoms with E-state index in [-0.39, 0.29) is 0 Å². The molecule has 3 aromatic rings. The van der Waals surface area contributed by atoms with Gasteiger partial charge in [0.25, 0.3) is 0 Å². The van der Waals surface area contributed by atoms with Crippen molar-refractivity contribution in [1.82, 2.24) is 15.3 Å². The Labute approximate surface area is 185 Å². The predicted octanol–water partition coefficient (Wildman–Crippen LogP) is 5.76. The first kappa shape index (κ1) is 21.6. The second kappa shape index (κ2) is 9.27. The lowest BCUT2D eigenvalue weighted by atomic mass is 9.70. The monoisotopic (exact) mass is 417 g/mol. The summed E-state index contributed by atoms with van der Waals surface area (Å²) in [6.07, 6.45) is 4.65. The third-order valence-electron chi connectivity index (χ3n) is 6.97. The maximum atomic E-state index is 10.0. The number of aryl methyl sites for hydroxylation is 1. The standard InChI is InChI=1S/C27H35N3O/c1-17(2)23-13-21(14-26-29-24-10-7-8-18(3)27(24)30-26)19(4)12-22(23)16-28-15-20-9-5-6-11-25(20)31/h5-12,17,21-23,28,31H,13-16H2,1-4H3,(H,29,30)/t21-,22-,23-/m0/s1. The predicted molar refractivity (Wildman–Crippen MR) is 128 cm³/mol. The molecule has 0 aliphatic heterocycles. The molecule has 2 aromatic carbocycles. The number of nitrogens with zero attached hydrogens (tertiary/aromatic N) is 1. The second-order valence-electron chi connectivity index (χ2n) is 9.53. The summed E-state index contributed by atoms with van der Waals surface area (Å²) in [6.45, 7) is 10.7. The average molecular weight is 418 g/mol. The highest BCUT2D eigenvalue weighted by atomic mass is 16.3. The lowest BCUT2D eigenvalue weighted by Crippen LogP contribution is -2.34. The number of phenolic OH excluding ortho intramolecular Hbond substituents is 1. The van der Waals surface area contributed by atoms with Crippen LogP contribution in [0.15, 0.2) is 54.1 Å². The molecule has 164 valence electrons. The van der Waals surface area contributed by atoms with Crippen LogP contribution in [0.3, 0.4) is 0 Å². The van der Waals surface area contributed by atoms with E-state index in [1.54, 1.807) is 6.07 Å². The van der Waals surface area contributed by atoms with Gasteiger partial charge in [0.1, 0.15) is 11.6 Å². The summed E-state index contributed by atoms with van der Waals surface area (Å²) in [5, 5.41) is 13.6. The summed E-state index contributed by atoms with van der Waals surface area (Å²) in [4.78, 5) is 8.45. The van der Waals surface area contributed by atoms with Gasteiger partial charge in [-0.2, -0.15) is 0 Å². The van der Waals surface area contributed by atoms with Gasteiger partial charge in [0.15, 0.2) is 0 Å². The molecule has 0 fully saturated rings. The number of H-pyrrole nitrogens is 1. The molecule has 0 bridgehead atoms. The Hall–Kier alpha value is -2.59. The van der Waals surface area contributed by atoms with Crippen molar-refractivity contribution in [3.8, 4) is 5.75 Å². The van der Waals surface area contributed by atoms with Crippen LogP contribution >= 0.6 is 0 Å². The third-order valence-corrected chi connectivity index (χ3v) is 6.97. The molecule has 3 atom stereocenters. The Morgan fingerprint density at radius 1 is 1.13 bits per heavy atom. The fourth-order valence-electron chi connectivity index (χ4n) is 5.10. The van der Waals surface area contributed by atoms with Gasteiger partial charge >= 0.3 is 0 Å². The normalized spacial score (nSPS) is 21.6. The van der Waals surface area contributed by atoms with Crippen molar-refractivity contribution in [1.29, 1.82) is 0 Å². The number of nitrogens with one attached hydrogen (secondary N) is 2. The van der Waals surface area contributed by atoms with E-state index in [1.807, 2.05) is 18.2 Å². The Bertz CT molecular complexity index is 1070. The molecule has 0 saturated heterocycles. The molecular weight excluding hydrogens is 382 g/mol. The molecule has 0 amide bonds. The Morgan fingerprint density at radius 2 is 1.94 bits per heavy atom.